The van der Waals surface area contributed by atoms with Crippen molar-refractivity contribution in [1.29, 1.82) is 0 Å². The highest BCUT2D eigenvalue weighted by Gasteiger charge is 2.44. The molecule has 0 saturated carbocycles. The Morgan fingerprint density at radius 2 is 1.94 bits per heavy atom. The Morgan fingerprint density at radius 1 is 1.39 bits per heavy atom. The van der Waals surface area contributed by atoms with Crippen molar-refractivity contribution in [2.45, 2.75) is 52.2 Å². The molecule has 0 aliphatic carbocycles. The SMILES string of the molecule is CC1N(C(=O)OC(C)(C)C)CCCC1(CO)CO. The molecule has 1 atom stereocenters. The van der Waals surface area contributed by atoms with Crippen LogP contribution in [-0.4, -0.2) is 52.6 Å². The number of hydrogen-bond acceptors (Lipinski definition) is 4. The fraction of sp³-hybridized carbons (Fsp3) is 0.923. The van der Waals surface area contributed by atoms with E-state index in [2.05, 4.69) is 0 Å². The summed E-state index contributed by atoms with van der Waals surface area (Å²) in [5.41, 5.74) is -1.15. The zero-order valence-corrected chi connectivity index (χ0v) is 11.8. The molecule has 5 heteroatoms. The molecule has 0 radical (unpaired) electrons. The summed E-state index contributed by atoms with van der Waals surface area (Å²) in [5.74, 6) is 0. The lowest BCUT2D eigenvalue weighted by Crippen LogP contribution is -2.57. The van der Waals surface area contributed by atoms with Gasteiger partial charge in [-0.15, -0.1) is 0 Å². The van der Waals surface area contributed by atoms with E-state index >= 15 is 0 Å². The maximum absolute atomic E-state index is 12.1. The molecule has 1 fully saturated rings. The van der Waals surface area contributed by atoms with Crippen LogP contribution < -0.4 is 0 Å². The minimum Gasteiger partial charge on any atom is -0.444 e. The molecule has 0 spiro atoms. The molecular weight excluding hydrogens is 234 g/mol. The third-order valence-electron chi connectivity index (χ3n) is 3.69. The maximum atomic E-state index is 12.1. The van der Waals surface area contributed by atoms with Gasteiger partial charge in [-0.2, -0.15) is 0 Å². The fourth-order valence-electron chi connectivity index (χ4n) is 2.38. The van der Waals surface area contributed by atoms with Crippen LogP contribution in [0.3, 0.4) is 0 Å². The van der Waals surface area contributed by atoms with Crippen molar-refractivity contribution in [3.63, 3.8) is 0 Å². The van der Waals surface area contributed by atoms with Crippen molar-refractivity contribution in [2.24, 2.45) is 5.41 Å². The summed E-state index contributed by atoms with van der Waals surface area (Å²) < 4.78 is 5.35. The molecule has 0 aromatic rings. The Balaban J connectivity index is 2.80. The van der Waals surface area contributed by atoms with E-state index in [4.69, 9.17) is 4.74 Å². The lowest BCUT2D eigenvalue weighted by Gasteiger charge is -2.46. The predicted molar refractivity (Wildman–Crippen MR) is 68.2 cm³/mol. The minimum absolute atomic E-state index is 0.121. The molecule has 2 N–H and O–H groups in total. The van der Waals surface area contributed by atoms with Gasteiger partial charge < -0.3 is 19.8 Å². The third-order valence-corrected chi connectivity index (χ3v) is 3.69. The first-order chi connectivity index (χ1) is 8.25. The van der Waals surface area contributed by atoms with Gasteiger partial charge in [0.15, 0.2) is 0 Å². The van der Waals surface area contributed by atoms with Gasteiger partial charge >= 0.3 is 6.09 Å². The summed E-state index contributed by atoms with van der Waals surface area (Å²) in [4.78, 5) is 13.7. The Bertz CT molecular complexity index is 294. The van der Waals surface area contributed by atoms with E-state index in [9.17, 15) is 15.0 Å². The van der Waals surface area contributed by atoms with Crippen LogP contribution in [0.1, 0.15) is 40.5 Å². The molecular formula is C13H25NO4. The normalized spacial score (nSPS) is 23.9. The second-order valence-corrected chi connectivity index (χ2v) is 6.13. The van der Waals surface area contributed by atoms with Crippen molar-refractivity contribution in [1.82, 2.24) is 4.90 Å². The lowest BCUT2D eigenvalue weighted by molar-refractivity contribution is -0.0601. The Morgan fingerprint density at radius 3 is 2.39 bits per heavy atom. The van der Waals surface area contributed by atoms with E-state index in [0.29, 0.717) is 6.54 Å². The molecule has 1 aliphatic rings. The highest BCUT2D eigenvalue weighted by Crippen LogP contribution is 2.35. The monoisotopic (exact) mass is 259 g/mol. The third kappa shape index (κ3) is 3.14. The first kappa shape index (κ1) is 15.2. The highest BCUT2D eigenvalue weighted by atomic mass is 16.6. The Kier molecular flexibility index (Phi) is 4.61. The number of rotatable bonds is 2. The van der Waals surface area contributed by atoms with Gasteiger partial charge in [0.05, 0.1) is 13.2 Å². The summed E-state index contributed by atoms with van der Waals surface area (Å²) in [6.45, 7) is 7.70. The number of aliphatic hydroxyl groups excluding tert-OH is 2. The number of likely N-dealkylation sites (tertiary alicyclic amines) is 1. The van der Waals surface area contributed by atoms with Crippen molar-refractivity contribution in [2.75, 3.05) is 19.8 Å². The van der Waals surface area contributed by atoms with E-state index in [1.807, 2.05) is 27.7 Å². The molecule has 1 rings (SSSR count). The molecule has 1 unspecified atom stereocenters. The number of hydrogen-bond donors (Lipinski definition) is 2. The molecule has 1 aliphatic heterocycles. The number of carbonyl (C=O) groups is 1. The van der Waals surface area contributed by atoms with Crippen LogP contribution in [0.4, 0.5) is 4.79 Å². The molecule has 0 aromatic heterocycles. The van der Waals surface area contributed by atoms with Gasteiger partial charge in [-0.1, -0.05) is 0 Å². The van der Waals surface area contributed by atoms with E-state index < -0.39 is 11.0 Å². The van der Waals surface area contributed by atoms with Crippen molar-refractivity contribution in [3.8, 4) is 0 Å². The van der Waals surface area contributed by atoms with E-state index in [1.54, 1.807) is 4.90 Å². The van der Waals surface area contributed by atoms with Crippen molar-refractivity contribution < 1.29 is 19.7 Å². The number of carbonyl (C=O) groups excluding carboxylic acids is 1. The summed E-state index contributed by atoms with van der Waals surface area (Å²) in [6, 6.07) is -0.226. The molecule has 18 heavy (non-hydrogen) atoms. The van der Waals surface area contributed by atoms with Gasteiger partial charge in [0.25, 0.3) is 0 Å². The second kappa shape index (κ2) is 5.45. The van der Waals surface area contributed by atoms with Gasteiger partial charge in [-0.25, -0.2) is 4.79 Å². The molecule has 1 heterocycles. The molecule has 5 nitrogen and oxygen atoms in total. The topological polar surface area (TPSA) is 70.0 Å². The van der Waals surface area contributed by atoms with Crippen LogP contribution in [0.2, 0.25) is 0 Å². The fourth-order valence-corrected chi connectivity index (χ4v) is 2.38. The smallest absolute Gasteiger partial charge is 0.410 e. The summed E-state index contributed by atoms with van der Waals surface area (Å²) in [7, 11) is 0. The van der Waals surface area contributed by atoms with Gasteiger partial charge in [0.2, 0.25) is 0 Å². The number of amides is 1. The molecule has 1 amide bonds. The highest BCUT2D eigenvalue weighted by molar-refractivity contribution is 5.68. The maximum Gasteiger partial charge on any atom is 0.410 e. The van der Waals surface area contributed by atoms with Crippen molar-refractivity contribution in [3.05, 3.63) is 0 Å². The quantitative estimate of drug-likeness (QED) is 0.786. The van der Waals surface area contributed by atoms with Crippen LogP contribution in [0.25, 0.3) is 0 Å². The summed E-state index contributed by atoms with van der Waals surface area (Å²) in [6.07, 6.45) is 1.12. The average molecular weight is 259 g/mol. The van der Waals surface area contributed by atoms with Crippen LogP contribution >= 0.6 is 0 Å². The first-order valence-electron chi connectivity index (χ1n) is 6.47. The second-order valence-electron chi connectivity index (χ2n) is 6.13. The minimum atomic E-state index is -0.616. The van der Waals surface area contributed by atoms with Crippen LogP contribution in [0.15, 0.2) is 0 Å². The van der Waals surface area contributed by atoms with Gasteiger partial charge in [-0.05, 0) is 40.5 Å². The molecule has 0 bridgehead atoms. The Labute approximate surface area is 109 Å². The molecule has 1 saturated heterocycles. The first-order valence-corrected chi connectivity index (χ1v) is 6.47. The molecule has 106 valence electrons. The Hall–Kier alpha value is -0.810. The zero-order chi connectivity index (χ0) is 14.0. The van der Waals surface area contributed by atoms with Crippen LogP contribution in [-0.2, 0) is 4.74 Å². The van der Waals surface area contributed by atoms with E-state index in [1.165, 1.54) is 0 Å². The van der Waals surface area contributed by atoms with Gasteiger partial charge in [0.1, 0.15) is 5.60 Å². The number of aliphatic hydroxyl groups is 2. The van der Waals surface area contributed by atoms with Crippen molar-refractivity contribution >= 4 is 6.09 Å². The van der Waals surface area contributed by atoms with Crippen LogP contribution in [0, 0.1) is 5.41 Å². The largest absolute Gasteiger partial charge is 0.444 e. The molecule has 0 aromatic carbocycles. The zero-order valence-electron chi connectivity index (χ0n) is 11.8. The predicted octanol–water partition coefficient (Wildman–Crippen LogP) is 1.38. The van der Waals surface area contributed by atoms with Gasteiger partial charge in [0, 0.05) is 18.0 Å². The standard InChI is InChI=1S/C13H25NO4/c1-10-13(8-15,9-16)6-5-7-14(10)11(17)18-12(2,3)4/h10,15-16H,5-9H2,1-4H3. The van der Waals surface area contributed by atoms with Gasteiger partial charge in [-0.3, -0.25) is 0 Å². The van der Waals surface area contributed by atoms with E-state index in [0.717, 1.165) is 12.8 Å². The average Bonchev–Trinajstić information content (AvgIpc) is 2.27. The number of piperidine rings is 1. The summed E-state index contributed by atoms with van der Waals surface area (Å²) >= 11 is 0. The number of nitrogens with zero attached hydrogens (tertiary/aromatic N) is 1. The number of ether oxygens (including phenoxy) is 1. The van der Waals surface area contributed by atoms with E-state index in [-0.39, 0.29) is 25.3 Å². The summed E-state index contributed by atoms with van der Waals surface area (Å²) in [5, 5.41) is 19.0. The lowest BCUT2D eigenvalue weighted by atomic mass is 9.75. The van der Waals surface area contributed by atoms with Crippen LogP contribution in [0.5, 0.6) is 0 Å².